The molecular weight excluding hydrogens is 439 g/mol. The second-order valence-electron chi connectivity index (χ2n) is 5.83. The third kappa shape index (κ3) is 5.90. The van der Waals surface area contributed by atoms with E-state index >= 15 is 0 Å². The Kier molecular flexibility index (Phi) is 8.16. The summed E-state index contributed by atoms with van der Waals surface area (Å²) in [4.78, 5) is 13.9. The van der Waals surface area contributed by atoms with Gasteiger partial charge in [-0.1, -0.05) is 22.8 Å². The van der Waals surface area contributed by atoms with Crippen LogP contribution in [0.4, 0.5) is 11.4 Å². The standard InChI is InChI=1S/C16H15N8O4S.K/c1-12-3-9-15(10-4-12)29(27,28)21-23-11-17-22(2)16(23)19-20-18-13-5-7-14(8-6-13)24(25)26;/h3-11H,1-2H3;/q-1;+1. The zero-order valence-corrected chi connectivity index (χ0v) is 20.3. The van der Waals surface area contributed by atoms with Crippen molar-refractivity contribution in [2.75, 3.05) is 0 Å². The molecule has 1 aromatic heterocycles. The summed E-state index contributed by atoms with van der Waals surface area (Å²) in [5.41, 5.74) is 1.18. The first-order chi connectivity index (χ1) is 13.8. The maximum absolute atomic E-state index is 12.5. The summed E-state index contributed by atoms with van der Waals surface area (Å²) in [5, 5.41) is 25.9. The molecule has 14 heteroatoms. The van der Waals surface area contributed by atoms with Crippen LogP contribution < -0.4 is 57.0 Å². The number of hydrogen-bond acceptors (Lipinski definition) is 7. The van der Waals surface area contributed by atoms with E-state index in [1.807, 2.05) is 6.92 Å². The minimum atomic E-state index is -3.99. The molecule has 30 heavy (non-hydrogen) atoms. The Hall–Kier alpha value is -2.23. The first-order valence-corrected chi connectivity index (χ1v) is 9.55. The van der Waals surface area contributed by atoms with Crippen molar-refractivity contribution < 1.29 is 64.7 Å². The quantitative estimate of drug-likeness (QED) is 0.214. The molecule has 1 heterocycles. The van der Waals surface area contributed by atoms with Crippen LogP contribution in [0.5, 0.6) is 0 Å². The van der Waals surface area contributed by atoms with Crippen molar-refractivity contribution in [3.63, 3.8) is 0 Å². The number of nitrogens with zero attached hydrogens (tertiary/aromatic N) is 8. The van der Waals surface area contributed by atoms with Crippen LogP contribution in [0.3, 0.4) is 0 Å². The normalized spacial score (nSPS) is 12.0. The number of sulfonamides is 1. The number of nitro groups is 1. The molecule has 0 saturated carbocycles. The van der Waals surface area contributed by atoms with Gasteiger partial charge in [-0.15, -0.1) is 5.11 Å². The number of hydrogen-bond donors (Lipinski definition) is 0. The minimum Gasteiger partial charge on any atom is -0.502 e. The molecule has 0 radical (unpaired) electrons. The molecule has 0 unspecified atom stereocenters. The third-order valence-corrected chi connectivity index (χ3v) is 4.96. The van der Waals surface area contributed by atoms with Crippen molar-refractivity contribution in [1.29, 1.82) is 0 Å². The maximum Gasteiger partial charge on any atom is 1.00 e. The molecule has 0 atom stereocenters. The van der Waals surface area contributed by atoms with Crippen LogP contribution in [0.25, 0.3) is 4.83 Å². The molecule has 0 aliphatic carbocycles. The van der Waals surface area contributed by atoms with E-state index in [2.05, 4.69) is 25.4 Å². The topological polar surface area (TPSA) is 151 Å². The smallest absolute Gasteiger partial charge is 0.502 e. The summed E-state index contributed by atoms with van der Waals surface area (Å²) in [6, 6.07) is 11.6. The molecule has 12 nitrogen and oxygen atoms in total. The zero-order valence-electron chi connectivity index (χ0n) is 16.3. The molecule has 0 aliphatic rings. The number of nitro benzene ring substituents is 1. The molecule has 2 aromatic carbocycles. The van der Waals surface area contributed by atoms with Gasteiger partial charge in [-0.2, -0.15) is 5.10 Å². The molecule has 150 valence electrons. The number of rotatable bonds is 6. The Morgan fingerprint density at radius 1 is 1.10 bits per heavy atom. The van der Waals surface area contributed by atoms with Crippen LogP contribution in [-0.2, 0) is 17.1 Å². The van der Waals surface area contributed by atoms with Crippen molar-refractivity contribution >= 4 is 21.4 Å². The molecular formula is C16H15KN8O4S. The van der Waals surface area contributed by atoms with E-state index in [0.29, 0.717) is 5.69 Å². The summed E-state index contributed by atoms with van der Waals surface area (Å²) >= 11 is 0. The SMILES string of the molecule is Cc1ccc(S(=O)(=O)[N-]n2cnn(C)c2=NN=Nc2ccc([N+](=O)[O-])cc2)cc1.[K+]. The monoisotopic (exact) mass is 454 g/mol. The number of aromatic nitrogens is 3. The van der Waals surface area contributed by atoms with E-state index in [0.717, 1.165) is 10.2 Å². The Bertz CT molecular complexity index is 1230. The summed E-state index contributed by atoms with van der Waals surface area (Å²) < 4.78 is 27.2. The van der Waals surface area contributed by atoms with Crippen molar-refractivity contribution in [2.45, 2.75) is 11.8 Å². The van der Waals surface area contributed by atoms with Gasteiger partial charge in [0.05, 0.1) is 15.5 Å². The van der Waals surface area contributed by atoms with Crippen LogP contribution in [-0.4, -0.2) is 27.8 Å². The fourth-order valence-electron chi connectivity index (χ4n) is 2.17. The van der Waals surface area contributed by atoms with Gasteiger partial charge in [-0.05, 0) is 36.4 Å². The van der Waals surface area contributed by atoms with Crippen LogP contribution in [0.1, 0.15) is 5.56 Å². The van der Waals surface area contributed by atoms with Gasteiger partial charge in [0.25, 0.3) is 5.69 Å². The molecule has 0 N–H and O–H groups in total. The number of non-ortho nitro benzene ring substituents is 1. The van der Waals surface area contributed by atoms with Crippen molar-refractivity contribution in [3.8, 4) is 0 Å². The van der Waals surface area contributed by atoms with Gasteiger partial charge >= 0.3 is 51.4 Å². The van der Waals surface area contributed by atoms with E-state index in [9.17, 15) is 18.5 Å². The van der Waals surface area contributed by atoms with E-state index in [1.54, 1.807) is 12.1 Å². The Balaban J connectivity index is 0.00000320. The predicted octanol–water partition coefficient (Wildman–Crippen LogP) is -0.432. The third-order valence-electron chi connectivity index (χ3n) is 3.70. The number of aryl methyl sites for hydroxylation is 2. The molecule has 0 saturated heterocycles. The van der Waals surface area contributed by atoms with Crippen molar-refractivity contribution in [3.05, 3.63) is 81.0 Å². The Labute approximate surface area is 213 Å². The molecule has 0 spiro atoms. The Morgan fingerprint density at radius 3 is 2.33 bits per heavy atom. The molecule has 3 aromatic rings. The van der Waals surface area contributed by atoms with E-state index in [4.69, 9.17) is 0 Å². The van der Waals surface area contributed by atoms with E-state index < -0.39 is 14.9 Å². The summed E-state index contributed by atoms with van der Waals surface area (Å²) in [6.07, 6.45) is 1.17. The van der Waals surface area contributed by atoms with Gasteiger partial charge in [0.15, 0.2) is 0 Å². The minimum absolute atomic E-state index is 0. The van der Waals surface area contributed by atoms with Crippen molar-refractivity contribution in [2.24, 2.45) is 22.5 Å². The zero-order chi connectivity index (χ0) is 21.0. The Morgan fingerprint density at radius 2 is 1.73 bits per heavy atom. The molecule has 3 rings (SSSR count). The molecule has 0 bridgehead atoms. The molecule has 0 amide bonds. The van der Waals surface area contributed by atoms with Crippen LogP contribution in [0.15, 0.2) is 75.2 Å². The summed E-state index contributed by atoms with van der Waals surface area (Å²) in [6.45, 7) is 1.84. The van der Waals surface area contributed by atoms with Gasteiger partial charge < -0.3 is 9.51 Å². The van der Waals surface area contributed by atoms with Crippen molar-refractivity contribution in [1.82, 2.24) is 14.5 Å². The van der Waals surface area contributed by atoms with Crippen LogP contribution in [0.2, 0.25) is 0 Å². The fourth-order valence-corrected chi connectivity index (χ4v) is 3.10. The molecule has 0 aliphatic heterocycles. The first kappa shape index (κ1) is 24.0. The predicted molar refractivity (Wildman–Crippen MR) is 101 cm³/mol. The fraction of sp³-hybridized carbons (Fsp3) is 0.125. The van der Waals surface area contributed by atoms with Gasteiger partial charge in [-0.25, -0.2) is 13.1 Å². The summed E-state index contributed by atoms with van der Waals surface area (Å²) in [5.74, 6) is 0. The summed E-state index contributed by atoms with van der Waals surface area (Å²) in [7, 11) is -2.46. The largest absolute Gasteiger partial charge is 1.00 e. The van der Waals surface area contributed by atoms with Gasteiger partial charge in [0.2, 0.25) is 5.62 Å². The van der Waals surface area contributed by atoms with Gasteiger partial charge in [0.1, 0.15) is 16.4 Å². The second kappa shape index (κ2) is 10.2. The molecule has 0 fully saturated rings. The van der Waals surface area contributed by atoms with E-state index in [-0.39, 0.29) is 67.6 Å². The number of benzene rings is 2. The first-order valence-electron chi connectivity index (χ1n) is 8.11. The average molecular weight is 455 g/mol. The average Bonchev–Trinajstić information content (AvgIpc) is 3.01. The van der Waals surface area contributed by atoms with Crippen LogP contribution >= 0.6 is 0 Å². The van der Waals surface area contributed by atoms with E-state index in [1.165, 1.54) is 54.5 Å². The second-order valence-corrected chi connectivity index (χ2v) is 7.42. The van der Waals surface area contributed by atoms with Gasteiger partial charge in [-0.3, -0.25) is 10.1 Å². The van der Waals surface area contributed by atoms with Crippen LogP contribution in [0, 0.1) is 17.0 Å². The van der Waals surface area contributed by atoms with Gasteiger partial charge in [0, 0.05) is 19.2 Å². The maximum atomic E-state index is 12.5.